The first-order chi connectivity index (χ1) is 10.0. The molecule has 7 heteroatoms. The van der Waals surface area contributed by atoms with Crippen LogP contribution < -0.4 is 11.1 Å². The van der Waals surface area contributed by atoms with E-state index in [0.29, 0.717) is 17.8 Å². The van der Waals surface area contributed by atoms with E-state index in [1.165, 1.54) is 6.20 Å². The lowest BCUT2D eigenvalue weighted by Crippen LogP contribution is -2.06. The third-order valence-electron chi connectivity index (χ3n) is 3.21. The first-order valence-corrected chi connectivity index (χ1v) is 6.40. The number of hydrogen-bond acceptors (Lipinski definition) is 6. The summed E-state index contributed by atoms with van der Waals surface area (Å²) < 4.78 is 0. The Morgan fingerprint density at radius 2 is 2.14 bits per heavy atom. The van der Waals surface area contributed by atoms with Crippen LogP contribution in [0.3, 0.4) is 0 Å². The van der Waals surface area contributed by atoms with Gasteiger partial charge in [0.15, 0.2) is 5.82 Å². The topological polar surface area (TPSA) is 114 Å². The second kappa shape index (κ2) is 6.19. The van der Waals surface area contributed by atoms with Gasteiger partial charge in [-0.1, -0.05) is 18.2 Å². The van der Waals surface area contributed by atoms with Gasteiger partial charge in [0.25, 0.3) is 5.69 Å². The number of aliphatic hydroxyl groups excluding tert-OH is 1. The molecule has 0 radical (unpaired) electrons. The Morgan fingerprint density at radius 1 is 1.43 bits per heavy atom. The minimum absolute atomic E-state index is 0.0287. The van der Waals surface area contributed by atoms with Gasteiger partial charge in [0.1, 0.15) is 6.20 Å². The molecule has 0 fully saturated rings. The Morgan fingerprint density at radius 3 is 2.81 bits per heavy atom. The van der Waals surface area contributed by atoms with Gasteiger partial charge in [-0.15, -0.1) is 0 Å². The number of para-hydroxylation sites is 1. The van der Waals surface area contributed by atoms with Crippen molar-refractivity contribution in [1.29, 1.82) is 0 Å². The molecule has 0 aliphatic rings. The molecule has 110 valence electrons. The molecule has 1 aromatic carbocycles. The summed E-state index contributed by atoms with van der Waals surface area (Å²) >= 11 is 0. The van der Waals surface area contributed by atoms with Crippen molar-refractivity contribution < 1.29 is 10.0 Å². The SMILES string of the molecule is Cc1c([N+](=O)[O-])cnc(Nc2ccccc2CCO)c1N. The van der Waals surface area contributed by atoms with E-state index >= 15 is 0 Å². The van der Waals surface area contributed by atoms with E-state index in [9.17, 15) is 10.1 Å². The van der Waals surface area contributed by atoms with Crippen LogP contribution in [0.2, 0.25) is 0 Å². The molecule has 0 saturated heterocycles. The van der Waals surface area contributed by atoms with Crippen LogP contribution in [-0.4, -0.2) is 21.6 Å². The number of hydrogen-bond donors (Lipinski definition) is 3. The zero-order valence-electron chi connectivity index (χ0n) is 11.5. The number of nitrogens with two attached hydrogens (primary N) is 1. The van der Waals surface area contributed by atoms with Gasteiger partial charge in [-0.05, 0) is 25.0 Å². The van der Waals surface area contributed by atoms with Crippen LogP contribution in [0, 0.1) is 17.0 Å². The molecule has 0 aliphatic heterocycles. The zero-order chi connectivity index (χ0) is 15.4. The molecule has 1 heterocycles. The van der Waals surface area contributed by atoms with Gasteiger partial charge >= 0.3 is 0 Å². The van der Waals surface area contributed by atoms with Crippen molar-refractivity contribution in [2.24, 2.45) is 0 Å². The highest BCUT2D eigenvalue weighted by Crippen LogP contribution is 2.30. The summed E-state index contributed by atoms with van der Waals surface area (Å²) in [5.74, 6) is 0.364. The second-order valence-corrected chi connectivity index (χ2v) is 4.54. The number of anilines is 3. The Balaban J connectivity index is 2.37. The number of aliphatic hydroxyl groups is 1. The van der Waals surface area contributed by atoms with Crippen molar-refractivity contribution in [3.05, 3.63) is 51.7 Å². The van der Waals surface area contributed by atoms with E-state index < -0.39 is 4.92 Å². The van der Waals surface area contributed by atoms with E-state index in [1.54, 1.807) is 6.92 Å². The highest BCUT2D eigenvalue weighted by atomic mass is 16.6. The largest absolute Gasteiger partial charge is 0.396 e. The molecule has 0 unspecified atom stereocenters. The van der Waals surface area contributed by atoms with Crippen LogP contribution in [0.15, 0.2) is 30.5 Å². The molecule has 0 spiro atoms. The number of nitrogens with one attached hydrogen (secondary N) is 1. The van der Waals surface area contributed by atoms with E-state index in [-0.39, 0.29) is 18.0 Å². The molecule has 0 aliphatic carbocycles. The summed E-state index contributed by atoms with van der Waals surface area (Å²) in [7, 11) is 0. The highest BCUT2D eigenvalue weighted by molar-refractivity contribution is 5.75. The molecule has 0 amide bonds. The van der Waals surface area contributed by atoms with Crippen molar-refractivity contribution in [3.8, 4) is 0 Å². The third-order valence-corrected chi connectivity index (χ3v) is 3.21. The van der Waals surface area contributed by atoms with Gasteiger partial charge in [0, 0.05) is 12.3 Å². The summed E-state index contributed by atoms with van der Waals surface area (Å²) in [5.41, 5.74) is 8.09. The lowest BCUT2D eigenvalue weighted by molar-refractivity contribution is -0.385. The molecule has 2 aromatic rings. The lowest BCUT2D eigenvalue weighted by Gasteiger charge is -2.13. The van der Waals surface area contributed by atoms with Crippen LogP contribution in [-0.2, 0) is 6.42 Å². The van der Waals surface area contributed by atoms with Crippen LogP contribution in [0.4, 0.5) is 22.9 Å². The van der Waals surface area contributed by atoms with E-state index in [2.05, 4.69) is 10.3 Å². The molecule has 7 nitrogen and oxygen atoms in total. The molecule has 0 atom stereocenters. The Kier molecular flexibility index (Phi) is 4.34. The van der Waals surface area contributed by atoms with E-state index in [4.69, 9.17) is 10.8 Å². The van der Waals surface area contributed by atoms with Crippen LogP contribution in [0.25, 0.3) is 0 Å². The van der Waals surface area contributed by atoms with Crippen molar-refractivity contribution >= 4 is 22.9 Å². The number of nitrogen functional groups attached to an aromatic ring is 1. The smallest absolute Gasteiger partial charge is 0.292 e. The molecule has 21 heavy (non-hydrogen) atoms. The Hall–Kier alpha value is -2.67. The predicted molar refractivity (Wildman–Crippen MR) is 80.6 cm³/mol. The predicted octanol–water partition coefficient (Wildman–Crippen LogP) is 2.16. The maximum absolute atomic E-state index is 10.8. The first-order valence-electron chi connectivity index (χ1n) is 6.40. The number of rotatable bonds is 5. The van der Waals surface area contributed by atoms with Crippen LogP contribution in [0.1, 0.15) is 11.1 Å². The molecule has 1 aromatic heterocycles. The summed E-state index contributed by atoms with van der Waals surface area (Å²) in [6.45, 7) is 1.61. The summed E-state index contributed by atoms with van der Waals surface area (Å²) in [4.78, 5) is 14.3. The number of nitro groups is 1. The highest BCUT2D eigenvalue weighted by Gasteiger charge is 2.17. The number of nitrogens with zero attached hydrogens (tertiary/aromatic N) is 2. The number of aromatic nitrogens is 1. The molecule has 4 N–H and O–H groups in total. The second-order valence-electron chi connectivity index (χ2n) is 4.54. The van der Waals surface area contributed by atoms with Gasteiger partial charge in [-0.25, -0.2) is 4.98 Å². The third kappa shape index (κ3) is 3.09. The quantitative estimate of drug-likeness (QED) is 0.573. The normalized spacial score (nSPS) is 10.4. The number of pyridine rings is 1. The van der Waals surface area contributed by atoms with Crippen molar-refractivity contribution in [3.63, 3.8) is 0 Å². The van der Waals surface area contributed by atoms with Gasteiger partial charge in [-0.2, -0.15) is 0 Å². The number of benzene rings is 1. The molecule has 0 saturated carbocycles. The van der Waals surface area contributed by atoms with Crippen LogP contribution >= 0.6 is 0 Å². The van der Waals surface area contributed by atoms with Crippen molar-refractivity contribution in [1.82, 2.24) is 4.98 Å². The average Bonchev–Trinajstić information content (AvgIpc) is 2.46. The standard InChI is InChI=1S/C14H16N4O3/c1-9-12(18(20)21)8-16-14(13(9)15)17-11-5-3-2-4-10(11)6-7-19/h2-5,8,19H,6-7,15H2,1H3,(H,16,17). The zero-order valence-corrected chi connectivity index (χ0v) is 11.5. The maximum atomic E-state index is 10.8. The summed E-state index contributed by atoms with van der Waals surface area (Å²) in [5, 5.41) is 23.0. The first kappa shape index (κ1) is 14.7. The minimum atomic E-state index is -0.512. The fraction of sp³-hybridized carbons (Fsp3) is 0.214. The van der Waals surface area contributed by atoms with Gasteiger partial charge in [-0.3, -0.25) is 10.1 Å². The molecule has 2 rings (SSSR count). The fourth-order valence-electron chi connectivity index (χ4n) is 2.00. The summed E-state index contributed by atoms with van der Waals surface area (Å²) in [6, 6.07) is 7.43. The monoisotopic (exact) mass is 288 g/mol. The van der Waals surface area contributed by atoms with Gasteiger partial charge in [0.2, 0.25) is 0 Å². The maximum Gasteiger partial charge on any atom is 0.292 e. The summed E-state index contributed by atoms with van der Waals surface area (Å²) in [6.07, 6.45) is 1.68. The van der Waals surface area contributed by atoms with Gasteiger partial charge in [0.05, 0.1) is 16.2 Å². The molecular formula is C14H16N4O3. The van der Waals surface area contributed by atoms with Crippen LogP contribution in [0.5, 0.6) is 0 Å². The average molecular weight is 288 g/mol. The Bertz CT molecular complexity index is 673. The molecule has 0 bridgehead atoms. The van der Waals surface area contributed by atoms with Crippen molar-refractivity contribution in [2.75, 3.05) is 17.7 Å². The van der Waals surface area contributed by atoms with Crippen molar-refractivity contribution in [2.45, 2.75) is 13.3 Å². The van der Waals surface area contributed by atoms with Gasteiger partial charge < -0.3 is 16.2 Å². The molecular weight excluding hydrogens is 272 g/mol. The minimum Gasteiger partial charge on any atom is -0.396 e. The lowest BCUT2D eigenvalue weighted by atomic mass is 10.1. The van der Waals surface area contributed by atoms with E-state index in [1.807, 2.05) is 24.3 Å². The van der Waals surface area contributed by atoms with E-state index in [0.717, 1.165) is 11.3 Å². The Labute approximate surface area is 121 Å². The fourth-order valence-corrected chi connectivity index (χ4v) is 2.00.